The third kappa shape index (κ3) is 0.975. The SMILES string of the molecule is Cc1oc2ncc(Cl)nc2c1C. The van der Waals surface area contributed by atoms with Crippen LogP contribution in [0, 0.1) is 13.8 Å². The summed E-state index contributed by atoms with van der Waals surface area (Å²) in [5.74, 6) is 0.840. The van der Waals surface area contributed by atoms with Gasteiger partial charge in [0.15, 0.2) is 0 Å². The lowest BCUT2D eigenvalue weighted by atomic mass is 10.3. The summed E-state index contributed by atoms with van der Waals surface area (Å²) in [6, 6.07) is 0. The Morgan fingerprint density at radius 1 is 1.42 bits per heavy atom. The number of aryl methyl sites for hydroxylation is 2. The Morgan fingerprint density at radius 3 is 2.92 bits per heavy atom. The quantitative estimate of drug-likeness (QED) is 0.629. The molecule has 0 unspecified atom stereocenters. The van der Waals surface area contributed by atoms with Crippen LogP contribution >= 0.6 is 11.6 Å². The smallest absolute Gasteiger partial charge is 0.245 e. The Balaban J connectivity index is 2.88. The normalized spacial score (nSPS) is 10.9. The molecule has 0 radical (unpaired) electrons. The number of hydrogen-bond acceptors (Lipinski definition) is 3. The number of furan rings is 1. The molecule has 2 heterocycles. The lowest BCUT2D eigenvalue weighted by Gasteiger charge is -1.88. The Bertz CT molecular complexity index is 436. The zero-order valence-corrected chi connectivity index (χ0v) is 7.51. The number of nitrogens with zero attached hydrogens (tertiary/aromatic N) is 2. The average molecular weight is 183 g/mol. The number of hydrogen-bond donors (Lipinski definition) is 0. The molecule has 0 amide bonds. The van der Waals surface area contributed by atoms with Gasteiger partial charge in [0.1, 0.15) is 16.4 Å². The van der Waals surface area contributed by atoms with Crippen molar-refractivity contribution in [2.75, 3.05) is 0 Å². The summed E-state index contributed by atoms with van der Waals surface area (Å²) >= 11 is 5.68. The molecule has 2 aromatic heterocycles. The minimum Gasteiger partial charge on any atom is -0.441 e. The standard InChI is InChI=1S/C8H7ClN2O/c1-4-5(2)12-8-7(4)11-6(9)3-10-8/h3H,1-2H3. The van der Waals surface area contributed by atoms with E-state index in [0.717, 1.165) is 16.8 Å². The molecule has 0 saturated carbocycles. The fourth-order valence-electron chi connectivity index (χ4n) is 1.06. The van der Waals surface area contributed by atoms with Crippen LogP contribution in [0.1, 0.15) is 11.3 Å². The number of rotatable bonds is 0. The van der Waals surface area contributed by atoms with Crippen molar-refractivity contribution in [3.8, 4) is 0 Å². The number of halogens is 1. The van der Waals surface area contributed by atoms with E-state index in [1.165, 1.54) is 6.20 Å². The van der Waals surface area contributed by atoms with E-state index in [1.807, 2.05) is 13.8 Å². The van der Waals surface area contributed by atoms with Crippen LogP contribution in [-0.2, 0) is 0 Å². The monoisotopic (exact) mass is 182 g/mol. The fraction of sp³-hybridized carbons (Fsp3) is 0.250. The zero-order chi connectivity index (χ0) is 8.72. The third-order valence-corrected chi connectivity index (χ3v) is 2.02. The van der Waals surface area contributed by atoms with Crippen LogP contribution in [0.5, 0.6) is 0 Å². The van der Waals surface area contributed by atoms with Gasteiger partial charge < -0.3 is 4.42 Å². The molecule has 0 aliphatic heterocycles. The molecule has 0 aliphatic rings. The van der Waals surface area contributed by atoms with Crippen LogP contribution in [-0.4, -0.2) is 9.97 Å². The molecular weight excluding hydrogens is 176 g/mol. The highest BCUT2D eigenvalue weighted by Crippen LogP contribution is 2.21. The summed E-state index contributed by atoms with van der Waals surface area (Å²) in [4.78, 5) is 8.11. The first-order valence-electron chi connectivity index (χ1n) is 3.56. The lowest BCUT2D eigenvalue weighted by Crippen LogP contribution is -1.80. The highest BCUT2D eigenvalue weighted by atomic mass is 35.5. The molecule has 0 saturated heterocycles. The van der Waals surface area contributed by atoms with Gasteiger partial charge in [-0.15, -0.1) is 0 Å². The first-order valence-corrected chi connectivity index (χ1v) is 3.94. The lowest BCUT2D eigenvalue weighted by molar-refractivity contribution is 0.564. The topological polar surface area (TPSA) is 38.9 Å². The van der Waals surface area contributed by atoms with Crippen molar-refractivity contribution in [1.29, 1.82) is 0 Å². The van der Waals surface area contributed by atoms with E-state index in [9.17, 15) is 0 Å². The molecule has 2 rings (SSSR count). The second kappa shape index (κ2) is 2.45. The summed E-state index contributed by atoms with van der Waals surface area (Å²) in [6.45, 7) is 3.82. The number of aromatic nitrogens is 2. The maximum atomic E-state index is 5.68. The van der Waals surface area contributed by atoms with Crippen molar-refractivity contribution in [1.82, 2.24) is 9.97 Å². The molecule has 62 valence electrons. The van der Waals surface area contributed by atoms with E-state index >= 15 is 0 Å². The predicted octanol–water partition coefficient (Wildman–Crippen LogP) is 2.49. The van der Waals surface area contributed by atoms with Crippen molar-refractivity contribution in [2.45, 2.75) is 13.8 Å². The minimum atomic E-state index is 0.395. The van der Waals surface area contributed by atoms with Crippen molar-refractivity contribution in [2.24, 2.45) is 0 Å². The van der Waals surface area contributed by atoms with Crippen LogP contribution in [0.25, 0.3) is 11.2 Å². The molecular formula is C8H7ClN2O. The molecule has 0 fully saturated rings. The number of fused-ring (bicyclic) bond motifs is 1. The van der Waals surface area contributed by atoms with E-state index < -0.39 is 0 Å². The molecule has 0 spiro atoms. The van der Waals surface area contributed by atoms with Gasteiger partial charge >= 0.3 is 0 Å². The third-order valence-electron chi connectivity index (χ3n) is 1.84. The van der Waals surface area contributed by atoms with Crippen molar-refractivity contribution in [3.63, 3.8) is 0 Å². The average Bonchev–Trinajstić information content (AvgIpc) is 2.31. The molecule has 0 aliphatic carbocycles. The van der Waals surface area contributed by atoms with E-state index in [0.29, 0.717) is 10.9 Å². The molecule has 0 atom stereocenters. The fourth-order valence-corrected chi connectivity index (χ4v) is 1.20. The zero-order valence-electron chi connectivity index (χ0n) is 6.76. The first kappa shape index (κ1) is 7.55. The molecule has 12 heavy (non-hydrogen) atoms. The summed E-state index contributed by atoms with van der Waals surface area (Å²) in [7, 11) is 0. The summed E-state index contributed by atoms with van der Waals surface area (Å²) in [6.07, 6.45) is 1.48. The molecule has 0 aromatic carbocycles. The second-order valence-electron chi connectivity index (χ2n) is 2.63. The summed E-state index contributed by atoms with van der Waals surface area (Å²) in [5.41, 5.74) is 2.30. The maximum Gasteiger partial charge on any atom is 0.245 e. The van der Waals surface area contributed by atoms with Crippen molar-refractivity contribution in [3.05, 3.63) is 22.7 Å². The molecule has 0 bridgehead atoms. The van der Waals surface area contributed by atoms with Crippen LogP contribution in [0.3, 0.4) is 0 Å². The van der Waals surface area contributed by atoms with E-state index in [2.05, 4.69) is 9.97 Å². The van der Waals surface area contributed by atoms with Gasteiger partial charge in [0, 0.05) is 5.56 Å². The van der Waals surface area contributed by atoms with Gasteiger partial charge in [0.2, 0.25) is 5.71 Å². The van der Waals surface area contributed by atoms with Gasteiger partial charge in [-0.05, 0) is 13.8 Å². The molecule has 2 aromatic rings. The van der Waals surface area contributed by atoms with Gasteiger partial charge in [0.25, 0.3) is 0 Å². The summed E-state index contributed by atoms with van der Waals surface area (Å²) < 4.78 is 5.32. The van der Waals surface area contributed by atoms with E-state index in [-0.39, 0.29) is 0 Å². The van der Waals surface area contributed by atoms with Gasteiger partial charge in [-0.2, -0.15) is 0 Å². The highest BCUT2D eigenvalue weighted by Gasteiger charge is 2.08. The van der Waals surface area contributed by atoms with Crippen molar-refractivity contribution >= 4 is 22.8 Å². The minimum absolute atomic E-state index is 0.395. The van der Waals surface area contributed by atoms with Crippen LogP contribution in [0.15, 0.2) is 10.6 Å². The summed E-state index contributed by atoms with van der Waals surface area (Å²) in [5, 5.41) is 0.395. The molecule has 3 nitrogen and oxygen atoms in total. The van der Waals surface area contributed by atoms with Gasteiger partial charge in [-0.1, -0.05) is 11.6 Å². The van der Waals surface area contributed by atoms with Crippen LogP contribution in [0.2, 0.25) is 5.15 Å². The van der Waals surface area contributed by atoms with Gasteiger partial charge in [-0.25, -0.2) is 9.97 Å². The Kier molecular flexibility index (Phi) is 1.54. The first-order chi connectivity index (χ1) is 5.68. The van der Waals surface area contributed by atoms with E-state index in [4.69, 9.17) is 16.0 Å². The molecule has 4 heteroatoms. The highest BCUT2D eigenvalue weighted by molar-refractivity contribution is 6.29. The maximum absolute atomic E-state index is 5.68. The Morgan fingerprint density at radius 2 is 2.17 bits per heavy atom. The Hall–Kier alpha value is -1.09. The Labute approximate surface area is 74.4 Å². The largest absolute Gasteiger partial charge is 0.441 e. The second-order valence-corrected chi connectivity index (χ2v) is 3.02. The molecule has 0 N–H and O–H groups in total. The van der Waals surface area contributed by atoms with Crippen molar-refractivity contribution < 1.29 is 4.42 Å². The van der Waals surface area contributed by atoms with Crippen LogP contribution in [0.4, 0.5) is 0 Å². The van der Waals surface area contributed by atoms with Crippen LogP contribution < -0.4 is 0 Å². The van der Waals surface area contributed by atoms with Gasteiger partial charge in [-0.3, -0.25) is 0 Å². The van der Waals surface area contributed by atoms with Gasteiger partial charge in [0.05, 0.1) is 6.20 Å². The predicted molar refractivity (Wildman–Crippen MR) is 46.3 cm³/mol. The van der Waals surface area contributed by atoms with E-state index in [1.54, 1.807) is 0 Å².